The topological polar surface area (TPSA) is 53.6 Å². The summed E-state index contributed by atoms with van der Waals surface area (Å²) in [5.74, 6) is 0.472. The minimum atomic E-state index is -0.285. The third-order valence-corrected chi connectivity index (χ3v) is 2.73. The summed E-state index contributed by atoms with van der Waals surface area (Å²) in [4.78, 5) is 13.4. The molecule has 0 aliphatic carbocycles. The highest BCUT2D eigenvalue weighted by Gasteiger charge is 2.03. The molecule has 1 aromatic rings. The fourth-order valence-electron chi connectivity index (χ4n) is 1.23. The van der Waals surface area contributed by atoms with E-state index in [2.05, 4.69) is 10.6 Å². The second kappa shape index (κ2) is 8.09. The maximum atomic E-state index is 11.4. The number of hydrogen-bond acceptors (Lipinski definition) is 3. The molecule has 5 nitrogen and oxygen atoms in total. The Kier molecular flexibility index (Phi) is 6.77. The van der Waals surface area contributed by atoms with Crippen molar-refractivity contribution < 1.29 is 9.53 Å². The molecule has 1 rings (SSSR count). The molecule has 0 spiro atoms. The number of nitrogens with one attached hydrogen (secondary N) is 2. The summed E-state index contributed by atoms with van der Waals surface area (Å²) in [6.07, 6.45) is 0. The number of nitrogens with zero attached hydrogens (tertiary/aromatic N) is 1. The van der Waals surface area contributed by atoms with Gasteiger partial charge in [-0.05, 0) is 32.3 Å². The van der Waals surface area contributed by atoms with Gasteiger partial charge in [0.2, 0.25) is 0 Å². The van der Waals surface area contributed by atoms with Crippen LogP contribution in [0.2, 0.25) is 10.0 Å². The molecule has 0 unspecified atom stereocenters. The van der Waals surface area contributed by atoms with Gasteiger partial charge in [-0.3, -0.25) is 0 Å². The summed E-state index contributed by atoms with van der Waals surface area (Å²) in [6.45, 7) is 1.38. The van der Waals surface area contributed by atoms with Crippen molar-refractivity contribution in [2.24, 2.45) is 0 Å². The number of hydrogen-bond donors (Lipinski definition) is 2. The maximum absolute atomic E-state index is 11.4. The Morgan fingerprint density at radius 2 is 2.05 bits per heavy atom. The summed E-state index contributed by atoms with van der Waals surface area (Å²) in [5, 5.41) is 6.20. The minimum Gasteiger partial charge on any atom is -0.472 e. The molecule has 0 saturated heterocycles. The molecule has 0 fully saturated rings. The van der Waals surface area contributed by atoms with E-state index in [1.165, 1.54) is 0 Å². The van der Waals surface area contributed by atoms with Crippen molar-refractivity contribution in [3.8, 4) is 5.75 Å². The van der Waals surface area contributed by atoms with Gasteiger partial charge in [0.25, 0.3) is 0 Å². The van der Waals surface area contributed by atoms with E-state index in [4.69, 9.17) is 27.9 Å². The van der Waals surface area contributed by atoms with Gasteiger partial charge in [0.1, 0.15) is 5.75 Å². The van der Waals surface area contributed by atoms with Gasteiger partial charge in [-0.25, -0.2) is 4.79 Å². The van der Waals surface area contributed by atoms with E-state index in [1.807, 2.05) is 19.0 Å². The Morgan fingerprint density at radius 1 is 1.32 bits per heavy atom. The van der Waals surface area contributed by atoms with Crippen molar-refractivity contribution >= 4 is 29.2 Å². The van der Waals surface area contributed by atoms with Crippen molar-refractivity contribution in [3.63, 3.8) is 0 Å². The van der Waals surface area contributed by atoms with Crippen molar-refractivity contribution in [3.05, 3.63) is 28.2 Å². The van der Waals surface area contributed by atoms with E-state index >= 15 is 0 Å². The van der Waals surface area contributed by atoms with E-state index in [9.17, 15) is 4.79 Å². The molecule has 106 valence electrons. The van der Waals surface area contributed by atoms with Crippen LogP contribution in [0.5, 0.6) is 5.75 Å². The molecular formula is C12H17Cl2N3O2. The summed E-state index contributed by atoms with van der Waals surface area (Å²) in [6, 6.07) is 4.61. The molecule has 0 atom stereocenters. The average Bonchev–Trinajstić information content (AvgIpc) is 2.31. The van der Waals surface area contributed by atoms with Crippen LogP contribution >= 0.6 is 23.2 Å². The maximum Gasteiger partial charge on any atom is 0.317 e. The van der Waals surface area contributed by atoms with Gasteiger partial charge in [-0.15, -0.1) is 0 Å². The number of halogens is 2. The first-order chi connectivity index (χ1) is 8.99. The van der Waals surface area contributed by atoms with E-state index in [-0.39, 0.29) is 12.8 Å². The minimum absolute atomic E-state index is 0.0369. The molecule has 0 bridgehead atoms. The predicted molar refractivity (Wildman–Crippen MR) is 77.0 cm³/mol. The largest absolute Gasteiger partial charge is 0.472 e. The third-order valence-electron chi connectivity index (χ3n) is 2.20. The van der Waals surface area contributed by atoms with Crippen LogP contribution in [0.15, 0.2) is 18.2 Å². The molecule has 0 heterocycles. The number of likely N-dealkylation sites (N-methyl/N-ethyl adjacent to an activating group) is 1. The lowest BCUT2D eigenvalue weighted by molar-refractivity contribution is 0.223. The Labute approximate surface area is 122 Å². The summed E-state index contributed by atoms with van der Waals surface area (Å²) < 4.78 is 5.32. The van der Waals surface area contributed by atoms with E-state index < -0.39 is 0 Å². The van der Waals surface area contributed by atoms with E-state index in [0.717, 1.165) is 6.54 Å². The van der Waals surface area contributed by atoms with Gasteiger partial charge in [-0.1, -0.05) is 23.2 Å². The standard InChI is InChI=1S/C12H17Cl2N3O2/c1-17(2)6-5-15-12(18)16-8-19-11-4-3-9(13)7-10(11)14/h3-4,7H,5-6,8H2,1-2H3,(H2,15,16,18). The lowest BCUT2D eigenvalue weighted by Crippen LogP contribution is -2.40. The molecule has 0 saturated carbocycles. The van der Waals surface area contributed by atoms with Crippen LogP contribution in [0.25, 0.3) is 0 Å². The first kappa shape index (κ1) is 15.9. The Morgan fingerprint density at radius 3 is 2.68 bits per heavy atom. The van der Waals surface area contributed by atoms with Gasteiger partial charge in [-0.2, -0.15) is 0 Å². The monoisotopic (exact) mass is 305 g/mol. The molecule has 1 aromatic carbocycles. The molecule has 0 radical (unpaired) electrons. The molecule has 0 aliphatic rings. The van der Waals surface area contributed by atoms with E-state index in [1.54, 1.807) is 18.2 Å². The number of benzene rings is 1. The van der Waals surface area contributed by atoms with E-state index in [0.29, 0.717) is 22.3 Å². The highest BCUT2D eigenvalue weighted by molar-refractivity contribution is 6.35. The lowest BCUT2D eigenvalue weighted by Gasteiger charge is -2.12. The van der Waals surface area contributed by atoms with Gasteiger partial charge >= 0.3 is 6.03 Å². The van der Waals surface area contributed by atoms with Gasteiger partial charge < -0.3 is 20.3 Å². The average molecular weight is 306 g/mol. The van der Waals surface area contributed by atoms with Crippen LogP contribution in [-0.2, 0) is 0 Å². The van der Waals surface area contributed by atoms with Crippen molar-refractivity contribution in [1.29, 1.82) is 0 Å². The quantitative estimate of drug-likeness (QED) is 0.792. The Bertz CT molecular complexity index is 427. The molecule has 0 aliphatic heterocycles. The SMILES string of the molecule is CN(C)CCNC(=O)NCOc1ccc(Cl)cc1Cl. The first-order valence-electron chi connectivity index (χ1n) is 5.73. The number of rotatable bonds is 6. The zero-order valence-corrected chi connectivity index (χ0v) is 12.4. The summed E-state index contributed by atoms with van der Waals surface area (Å²) in [5.41, 5.74) is 0. The fraction of sp³-hybridized carbons (Fsp3) is 0.417. The normalized spacial score (nSPS) is 10.4. The fourth-order valence-corrected chi connectivity index (χ4v) is 1.69. The number of amides is 2. The predicted octanol–water partition coefficient (Wildman–Crippen LogP) is 2.19. The Balaban J connectivity index is 2.24. The van der Waals surface area contributed by atoms with Crippen molar-refractivity contribution in [2.75, 3.05) is 33.9 Å². The molecule has 2 N–H and O–H groups in total. The highest BCUT2D eigenvalue weighted by atomic mass is 35.5. The summed E-state index contributed by atoms with van der Waals surface area (Å²) >= 11 is 11.7. The van der Waals surface area contributed by atoms with Gasteiger partial charge in [0, 0.05) is 18.1 Å². The van der Waals surface area contributed by atoms with Gasteiger partial charge in [0.15, 0.2) is 6.73 Å². The molecule has 19 heavy (non-hydrogen) atoms. The van der Waals surface area contributed by atoms with Crippen LogP contribution in [-0.4, -0.2) is 44.8 Å². The van der Waals surface area contributed by atoms with Crippen LogP contribution in [0.4, 0.5) is 4.79 Å². The molecule has 2 amide bonds. The number of urea groups is 1. The van der Waals surface area contributed by atoms with Crippen LogP contribution < -0.4 is 15.4 Å². The second-order valence-electron chi connectivity index (χ2n) is 4.10. The lowest BCUT2D eigenvalue weighted by atomic mass is 10.3. The smallest absolute Gasteiger partial charge is 0.317 e. The van der Waals surface area contributed by atoms with Crippen molar-refractivity contribution in [1.82, 2.24) is 15.5 Å². The number of ether oxygens (including phenoxy) is 1. The Hall–Kier alpha value is -1.17. The summed E-state index contributed by atoms with van der Waals surface area (Å²) in [7, 11) is 3.87. The highest BCUT2D eigenvalue weighted by Crippen LogP contribution is 2.27. The van der Waals surface area contributed by atoms with Crippen LogP contribution in [0.3, 0.4) is 0 Å². The zero-order valence-electron chi connectivity index (χ0n) is 10.9. The zero-order chi connectivity index (χ0) is 14.3. The molecule has 7 heteroatoms. The van der Waals surface area contributed by atoms with Crippen molar-refractivity contribution in [2.45, 2.75) is 0 Å². The third kappa shape index (κ3) is 6.52. The number of carbonyl (C=O) groups excluding carboxylic acids is 1. The van der Waals surface area contributed by atoms with Crippen LogP contribution in [0.1, 0.15) is 0 Å². The number of carbonyl (C=O) groups is 1. The second-order valence-corrected chi connectivity index (χ2v) is 4.94. The van der Waals surface area contributed by atoms with Gasteiger partial charge in [0.05, 0.1) is 5.02 Å². The first-order valence-corrected chi connectivity index (χ1v) is 6.49. The molecular weight excluding hydrogens is 289 g/mol. The molecule has 0 aromatic heterocycles. The van der Waals surface area contributed by atoms with Crippen LogP contribution in [0, 0.1) is 0 Å².